The number of imidazole rings is 1. The fourth-order valence-electron chi connectivity index (χ4n) is 2.70. The van der Waals surface area contributed by atoms with E-state index < -0.39 is 0 Å². The third kappa shape index (κ3) is 2.85. The Bertz CT molecular complexity index is 1060. The van der Waals surface area contributed by atoms with Gasteiger partial charge in [-0.2, -0.15) is 0 Å². The van der Waals surface area contributed by atoms with Crippen molar-refractivity contribution in [3.63, 3.8) is 0 Å². The van der Waals surface area contributed by atoms with Gasteiger partial charge in [0.15, 0.2) is 0 Å². The van der Waals surface area contributed by atoms with Gasteiger partial charge < -0.3 is 9.72 Å². The summed E-state index contributed by atoms with van der Waals surface area (Å²) in [6.07, 6.45) is 8.37. The molecule has 0 saturated heterocycles. The first kappa shape index (κ1) is 15.0. The zero-order valence-corrected chi connectivity index (χ0v) is 13.5. The second-order valence-corrected chi connectivity index (χ2v) is 5.64. The standard InChI is InChI=1S/C19H15N5O/c1-13-5-4-10-24-12-17(22-18(13)24)14-6-2-3-7-15(14)23-19(25)16-11-20-8-9-21-16/h2-12H,1H3,(H,23,25). The number of rotatable bonds is 3. The number of nitrogens with one attached hydrogen (secondary N) is 1. The lowest BCUT2D eigenvalue weighted by Crippen LogP contribution is -2.14. The maximum atomic E-state index is 12.4. The quantitative estimate of drug-likeness (QED) is 0.625. The van der Waals surface area contributed by atoms with Crippen LogP contribution in [0, 0.1) is 6.92 Å². The highest BCUT2D eigenvalue weighted by atomic mass is 16.1. The maximum Gasteiger partial charge on any atom is 0.275 e. The van der Waals surface area contributed by atoms with Crippen LogP contribution in [-0.4, -0.2) is 25.3 Å². The maximum absolute atomic E-state index is 12.4. The highest BCUT2D eigenvalue weighted by molar-refractivity contribution is 6.04. The molecule has 0 aliphatic carbocycles. The summed E-state index contributed by atoms with van der Waals surface area (Å²) < 4.78 is 1.98. The zero-order valence-electron chi connectivity index (χ0n) is 13.5. The number of hydrogen-bond donors (Lipinski definition) is 1. The minimum atomic E-state index is -0.305. The van der Waals surface area contributed by atoms with Crippen molar-refractivity contribution >= 4 is 17.2 Å². The molecule has 6 nitrogen and oxygen atoms in total. The Morgan fingerprint density at radius 2 is 2.00 bits per heavy atom. The van der Waals surface area contributed by atoms with Gasteiger partial charge in [0.1, 0.15) is 11.3 Å². The third-order valence-corrected chi connectivity index (χ3v) is 3.92. The van der Waals surface area contributed by atoms with E-state index in [0.717, 1.165) is 22.5 Å². The molecule has 1 aromatic carbocycles. The Hall–Kier alpha value is -3.54. The molecule has 122 valence electrons. The smallest absolute Gasteiger partial charge is 0.275 e. The zero-order chi connectivity index (χ0) is 17.2. The lowest BCUT2D eigenvalue weighted by atomic mass is 10.1. The monoisotopic (exact) mass is 329 g/mol. The van der Waals surface area contributed by atoms with Gasteiger partial charge in [-0.1, -0.05) is 24.3 Å². The van der Waals surface area contributed by atoms with Crippen LogP contribution in [0.15, 0.2) is 67.4 Å². The van der Waals surface area contributed by atoms with Gasteiger partial charge in [0, 0.05) is 30.4 Å². The first-order chi connectivity index (χ1) is 12.2. The van der Waals surface area contributed by atoms with Crippen LogP contribution >= 0.6 is 0 Å². The van der Waals surface area contributed by atoms with Crippen molar-refractivity contribution in [2.75, 3.05) is 5.32 Å². The fraction of sp³-hybridized carbons (Fsp3) is 0.0526. The van der Waals surface area contributed by atoms with Crippen LogP contribution in [0.4, 0.5) is 5.69 Å². The van der Waals surface area contributed by atoms with Crippen LogP contribution in [0.2, 0.25) is 0 Å². The largest absolute Gasteiger partial charge is 0.320 e. The first-order valence-corrected chi connectivity index (χ1v) is 7.83. The molecule has 0 spiro atoms. The van der Waals surface area contributed by atoms with E-state index in [1.165, 1.54) is 18.6 Å². The lowest BCUT2D eigenvalue weighted by molar-refractivity contribution is 0.102. The molecule has 3 heterocycles. The summed E-state index contributed by atoms with van der Waals surface area (Å²) in [4.78, 5) is 25.0. The van der Waals surface area contributed by atoms with Crippen molar-refractivity contribution in [2.45, 2.75) is 6.92 Å². The molecule has 3 aromatic heterocycles. The summed E-state index contributed by atoms with van der Waals surface area (Å²) in [6.45, 7) is 2.02. The Morgan fingerprint density at radius 1 is 1.12 bits per heavy atom. The number of benzene rings is 1. The molecule has 1 N–H and O–H groups in total. The van der Waals surface area contributed by atoms with Crippen molar-refractivity contribution in [3.05, 3.63) is 78.6 Å². The van der Waals surface area contributed by atoms with Crippen molar-refractivity contribution in [1.29, 1.82) is 0 Å². The third-order valence-electron chi connectivity index (χ3n) is 3.92. The van der Waals surface area contributed by atoms with Crippen LogP contribution in [0.5, 0.6) is 0 Å². The molecule has 0 bridgehead atoms. The van der Waals surface area contributed by atoms with Gasteiger partial charge in [-0.3, -0.25) is 9.78 Å². The van der Waals surface area contributed by atoms with E-state index in [-0.39, 0.29) is 11.6 Å². The van der Waals surface area contributed by atoms with Gasteiger partial charge in [-0.25, -0.2) is 9.97 Å². The number of pyridine rings is 1. The van der Waals surface area contributed by atoms with Crippen LogP contribution in [0.1, 0.15) is 16.1 Å². The predicted octanol–water partition coefficient (Wildman–Crippen LogP) is 3.35. The van der Waals surface area contributed by atoms with Crippen molar-refractivity contribution in [3.8, 4) is 11.3 Å². The summed E-state index contributed by atoms with van der Waals surface area (Å²) in [7, 11) is 0. The number of amides is 1. The first-order valence-electron chi connectivity index (χ1n) is 7.83. The average Bonchev–Trinajstić information content (AvgIpc) is 3.08. The number of carbonyl (C=O) groups excluding carboxylic acids is 1. The second-order valence-electron chi connectivity index (χ2n) is 5.64. The Kier molecular flexibility index (Phi) is 3.70. The molecule has 0 unspecified atom stereocenters. The summed E-state index contributed by atoms with van der Waals surface area (Å²) in [6, 6.07) is 11.6. The molecule has 0 aliphatic rings. The van der Waals surface area contributed by atoms with Gasteiger partial charge in [0.05, 0.1) is 17.6 Å². The number of fused-ring (bicyclic) bond motifs is 1. The minimum Gasteiger partial charge on any atom is -0.320 e. The van der Waals surface area contributed by atoms with E-state index in [4.69, 9.17) is 4.98 Å². The van der Waals surface area contributed by atoms with Crippen LogP contribution in [-0.2, 0) is 0 Å². The Balaban J connectivity index is 1.73. The number of aromatic nitrogens is 4. The normalized spacial score (nSPS) is 10.8. The SMILES string of the molecule is Cc1cccn2cc(-c3ccccc3NC(=O)c3cnccn3)nc12. The molecule has 0 fully saturated rings. The van der Waals surface area contributed by atoms with E-state index in [0.29, 0.717) is 5.69 Å². The molecule has 0 saturated carbocycles. The highest BCUT2D eigenvalue weighted by Crippen LogP contribution is 2.28. The average molecular weight is 329 g/mol. The van der Waals surface area contributed by atoms with Crippen LogP contribution in [0.25, 0.3) is 16.9 Å². The van der Waals surface area contributed by atoms with E-state index in [9.17, 15) is 4.79 Å². The topological polar surface area (TPSA) is 72.2 Å². The Labute approximate surface area is 144 Å². The molecule has 4 rings (SSSR count). The molecular weight excluding hydrogens is 314 g/mol. The number of anilines is 1. The molecule has 0 atom stereocenters. The van der Waals surface area contributed by atoms with Crippen LogP contribution < -0.4 is 5.32 Å². The molecule has 25 heavy (non-hydrogen) atoms. The molecule has 0 radical (unpaired) electrons. The number of para-hydroxylation sites is 1. The lowest BCUT2D eigenvalue weighted by Gasteiger charge is -2.08. The van der Waals surface area contributed by atoms with Gasteiger partial charge >= 0.3 is 0 Å². The van der Waals surface area contributed by atoms with Gasteiger partial charge in [0.2, 0.25) is 0 Å². The minimum absolute atomic E-state index is 0.267. The Morgan fingerprint density at radius 3 is 2.80 bits per heavy atom. The van der Waals surface area contributed by atoms with Crippen LogP contribution in [0.3, 0.4) is 0 Å². The van der Waals surface area contributed by atoms with Crippen molar-refractivity contribution in [2.24, 2.45) is 0 Å². The van der Waals surface area contributed by atoms with E-state index in [1.807, 2.05) is 60.1 Å². The molecule has 4 aromatic rings. The van der Waals surface area contributed by atoms with Crippen molar-refractivity contribution in [1.82, 2.24) is 19.4 Å². The predicted molar refractivity (Wildman–Crippen MR) is 95.4 cm³/mol. The van der Waals surface area contributed by atoms with E-state index >= 15 is 0 Å². The van der Waals surface area contributed by atoms with Gasteiger partial charge in [0.25, 0.3) is 5.91 Å². The molecule has 0 aliphatic heterocycles. The summed E-state index contributed by atoms with van der Waals surface area (Å²) in [5.41, 5.74) is 4.58. The van der Waals surface area contributed by atoms with Gasteiger partial charge in [-0.15, -0.1) is 0 Å². The number of aryl methyl sites for hydroxylation is 1. The van der Waals surface area contributed by atoms with Gasteiger partial charge in [-0.05, 0) is 24.6 Å². The fourth-order valence-corrected chi connectivity index (χ4v) is 2.70. The molecule has 6 heteroatoms. The summed E-state index contributed by atoms with van der Waals surface area (Å²) in [5, 5.41) is 2.89. The van der Waals surface area contributed by atoms with E-state index in [1.54, 1.807) is 0 Å². The number of hydrogen-bond acceptors (Lipinski definition) is 4. The number of nitrogens with zero attached hydrogens (tertiary/aromatic N) is 4. The second kappa shape index (κ2) is 6.16. The van der Waals surface area contributed by atoms with Crippen molar-refractivity contribution < 1.29 is 4.79 Å². The van der Waals surface area contributed by atoms with E-state index in [2.05, 4.69) is 15.3 Å². The summed E-state index contributed by atoms with van der Waals surface area (Å²) >= 11 is 0. The molecular formula is C19H15N5O. The number of carbonyl (C=O) groups is 1. The summed E-state index contributed by atoms with van der Waals surface area (Å²) in [5.74, 6) is -0.305. The molecule has 1 amide bonds. The highest BCUT2D eigenvalue weighted by Gasteiger charge is 2.13.